The molecule has 108 valence electrons. The Kier molecular flexibility index (Phi) is 4.74. The minimum Gasteiger partial charge on any atom is -0.465 e. The Bertz CT molecular complexity index is 457. The summed E-state index contributed by atoms with van der Waals surface area (Å²) in [5, 5.41) is 0.822. The molecule has 1 heterocycles. The van der Waals surface area contributed by atoms with Crippen LogP contribution in [0.2, 0.25) is 0 Å². The predicted molar refractivity (Wildman–Crippen MR) is 78.6 cm³/mol. The van der Waals surface area contributed by atoms with Gasteiger partial charge in [-0.15, -0.1) is 11.3 Å². The van der Waals surface area contributed by atoms with Crippen molar-refractivity contribution in [2.45, 2.75) is 58.4 Å². The quantitative estimate of drug-likeness (QED) is 0.862. The van der Waals surface area contributed by atoms with Crippen LogP contribution in [0.4, 0.5) is 0 Å². The average Bonchev–Trinajstić information content (AvgIpc) is 2.82. The first-order valence-electron chi connectivity index (χ1n) is 6.58. The summed E-state index contributed by atoms with van der Waals surface area (Å²) >= 11 is 1.36. The molecule has 0 unspecified atom stereocenters. The molecular weight excluding hydrogens is 260 g/mol. The highest BCUT2D eigenvalue weighted by Crippen LogP contribution is 2.36. The number of carbonyl (C=O) groups is 1. The molecule has 5 heteroatoms. The number of rotatable bonds is 4. The maximum atomic E-state index is 11.9. The summed E-state index contributed by atoms with van der Waals surface area (Å²) in [6.07, 6.45) is 1.59. The zero-order chi connectivity index (χ0) is 14.8. The van der Waals surface area contributed by atoms with Gasteiger partial charge in [-0.2, -0.15) is 0 Å². The molecule has 19 heavy (non-hydrogen) atoms. The van der Waals surface area contributed by atoms with Crippen LogP contribution in [-0.4, -0.2) is 18.1 Å². The van der Waals surface area contributed by atoms with Gasteiger partial charge in [0.05, 0.1) is 18.3 Å². The Hall–Kier alpha value is -0.940. The van der Waals surface area contributed by atoms with Gasteiger partial charge in [0.1, 0.15) is 9.88 Å². The van der Waals surface area contributed by atoms with Crippen molar-refractivity contribution < 1.29 is 9.53 Å². The first-order chi connectivity index (χ1) is 8.69. The minimum atomic E-state index is -0.461. The SMILES string of the molecule is CCC(N)(CC)c1nc(C(C)(C)C)c(C(=O)OC)s1. The topological polar surface area (TPSA) is 65.2 Å². The molecule has 1 rings (SSSR count). The minimum absolute atomic E-state index is 0.208. The maximum Gasteiger partial charge on any atom is 0.350 e. The third-order valence-corrected chi connectivity index (χ3v) is 4.65. The summed E-state index contributed by atoms with van der Waals surface area (Å²) in [4.78, 5) is 17.1. The van der Waals surface area contributed by atoms with Gasteiger partial charge in [-0.1, -0.05) is 34.6 Å². The smallest absolute Gasteiger partial charge is 0.350 e. The van der Waals surface area contributed by atoms with Gasteiger partial charge in [0.15, 0.2) is 0 Å². The molecule has 0 fully saturated rings. The molecule has 2 N–H and O–H groups in total. The number of esters is 1. The van der Waals surface area contributed by atoms with Crippen LogP contribution in [0.5, 0.6) is 0 Å². The van der Waals surface area contributed by atoms with Gasteiger partial charge in [0.25, 0.3) is 0 Å². The van der Waals surface area contributed by atoms with Crippen LogP contribution < -0.4 is 5.73 Å². The number of hydrogen-bond donors (Lipinski definition) is 1. The fourth-order valence-electron chi connectivity index (χ4n) is 1.82. The Balaban J connectivity index is 3.41. The lowest BCUT2D eigenvalue weighted by molar-refractivity contribution is 0.0603. The second kappa shape index (κ2) is 5.59. The molecule has 0 saturated heterocycles. The monoisotopic (exact) mass is 284 g/mol. The molecule has 0 aliphatic rings. The Morgan fingerprint density at radius 1 is 1.32 bits per heavy atom. The van der Waals surface area contributed by atoms with E-state index in [2.05, 4.69) is 4.98 Å². The lowest BCUT2D eigenvalue weighted by Gasteiger charge is -2.24. The molecule has 0 aromatic carbocycles. The molecule has 0 amide bonds. The number of hydrogen-bond acceptors (Lipinski definition) is 5. The van der Waals surface area contributed by atoms with Crippen molar-refractivity contribution in [3.05, 3.63) is 15.6 Å². The number of aromatic nitrogens is 1. The molecule has 0 aliphatic heterocycles. The molecular formula is C14H24N2O2S. The fourth-order valence-corrected chi connectivity index (χ4v) is 3.26. The molecule has 0 aliphatic carbocycles. The lowest BCUT2D eigenvalue weighted by atomic mass is 9.90. The molecule has 0 saturated carbocycles. The summed E-state index contributed by atoms with van der Waals surface area (Å²) in [6, 6.07) is 0. The van der Waals surface area contributed by atoms with E-state index in [-0.39, 0.29) is 11.4 Å². The van der Waals surface area contributed by atoms with E-state index in [0.29, 0.717) is 4.88 Å². The van der Waals surface area contributed by atoms with Crippen LogP contribution in [0.3, 0.4) is 0 Å². The second-order valence-corrected chi connectivity index (χ2v) is 6.80. The first kappa shape index (κ1) is 16.1. The Morgan fingerprint density at radius 2 is 1.84 bits per heavy atom. The predicted octanol–water partition coefficient (Wildman–Crippen LogP) is 3.20. The van der Waals surface area contributed by atoms with Crippen LogP contribution >= 0.6 is 11.3 Å². The van der Waals surface area contributed by atoms with E-state index < -0.39 is 5.54 Å². The van der Waals surface area contributed by atoms with Crippen LogP contribution in [0, 0.1) is 0 Å². The van der Waals surface area contributed by atoms with Gasteiger partial charge in [-0.3, -0.25) is 0 Å². The maximum absolute atomic E-state index is 11.9. The number of nitrogens with two attached hydrogens (primary N) is 1. The van der Waals surface area contributed by atoms with Gasteiger partial charge >= 0.3 is 5.97 Å². The third kappa shape index (κ3) is 3.15. The van der Waals surface area contributed by atoms with Crippen LogP contribution in [-0.2, 0) is 15.7 Å². The summed E-state index contributed by atoms with van der Waals surface area (Å²) in [5.74, 6) is -0.330. The standard InChI is InChI=1S/C14H24N2O2S/c1-7-14(15,8-2)12-16-10(13(3,4)5)9(19-12)11(17)18-6/h7-8,15H2,1-6H3. The van der Waals surface area contributed by atoms with Crippen LogP contribution in [0.15, 0.2) is 0 Å². The molecule has 0 atom stereocenters. The number of methoxy groups -OCH3 is 1. The fraction of sp³-hybridized carbons (Fsp3) is 0.714. The summed E-state index contributed by atoms with van der Waals surface area (Å²) in [6.45, 7) is 10.2. The first-order valence-corrected chi connectivity index (χ1v) is 7.40. The number of thiazole rings is 1. The highest BCUT2D eigenvalue weighted by molar-refractivity contribution is 7.13. The molecule has 4 nitrogen and oxygen atoms in total. The average molecular weight is 284 g/mol. The second-order valence-electron chi connectivity index (χ2n) is 5.80. The highest BCUT2D eigenvalue weighted by Gasteiger charge is 2.33. The molecule has 0 spiro atoms. The van der Waals surface area contributed by atoms with Gasteiger partial charge in [-0.05, 0) is 12.8 Å². The largest absolute Gasteiger partial charge is 0.465 e. The Morgan fingerprint density at radius 3 is 2.21 bits per heavy atom. The van der Waals surface area contributed by atoms with Crippen molar-refractivity contribution in [1.29, 1.82) is 0 Å². The van der Waals surface area contributed by atoms with Crippen molar-refractivity contribution in [2.24, 2.45) is 5.73 Å². The van der Waals surface area contributed by atoms with E-state index in [4.69, 9.17) is 10.5 Å². The lowest BCUT2D eigenvalue weighted by Crippen LogP contribution is -2.35. The highest BCUT2D eigenvalue weighted by atomic mass is 32.1. The van der Waals surface area contributed by atoms with Crippen LogP contribution in [0.1, 0.15) is 67.8 Å². The molecule has 0 radical (unpaired) electrons. The number of carbonyl (C=O) groups excluding carboxylic acids is 1. The van der Waals surface area contributed by atoms with Crippen molar-refractivity contribution in [3.8, 4) is 0 Å². The van der Waals surface area contributed by atoms with Crippen molar-refractivity contribution in [3.63, 3.8) is 0 Å². The number of nitrogens with zero attached hydrogens (tertiary/aromatic N) is 1. The van der Waals surface area contributed by atoms with Gasteiger partial charge in [-0.25, -0.2) is 9.78 Å². The summed E-state index contributed by atoms with van der Waals surface area (Å²) < 4.78 is 4.86. The Labute approximate surface area is 119 Å². The van der Waals surface area contributed by atoms with Gasteiger partial charge < -0.3 is 10.5 Å². The third-order valence-electron chi connectivity index (χ3n) is 3.40. The zero-order valence-corrected chi connectivity index (χ0v) is 13.5. The van der Waals surface area contributed by atoms with Gasteiger partial charge in [0.2, 0.25) is 0 Å². The van der Waals surface area contributed by atoms with E-state index >= 15 is 0 Å². The van der Waals surface area contributed by atoms with E-state index in [1.165, 1.54) is 18.4 Å². The van der Waals surface area contributed by atoms with E-state index in [9.17, 15) is 4.79 Å². The normalized spacial score (nSPS) is 12.6. The van der Waals surface area contributed by atoms with Crippen molar-refractivity contribution in [1.82, 2.24) is 4.98 Å². The summed E-state index contributed by atoms with van der Waals surface area (Å²) in [5.41, 5.74) is 6.49. The molecule has 0 bridgehead atoms. The molecule has 1 aromatic heterocycles. The van der Waals surface area contributed by atoms with E-state index in [1.807, 2.05) is 34.6 Å². The van der Waals surface area contributed by atoms with Crippen LogP contribution in [0.25, 0.3) is 0 Å². The van der Waals surface area contributed by atoms with Crippen molar-refractivity contribution in [2.75, 3.05) is 7.11 Å². The summed E-state index contributed by atoms with van der Waals surface area (Å²) in [7, 11) is 1.39. The van der Waals surface area contributed by atoms with Gasteiger partial charge in [0, 0.05) is 5.41 Å². The van der Waals surface area contributed by atoms with Crippen molar-refractivity contribution >= 4 is 17.3 Å². The van der Waals surface area contributed by atoms with E-state index in [1.54, 1.807) is 0 Å². The van der Waals surface area contributed by atoms with E-state index in [0.717, 1.165) is 23.5 Å². The molecule has 1 aromatic rings. The number of ether oxygens (including phenoxy) is 1. The zero-order valence-electron chi connectivity index (χ0n) is 12.7.